The van der Waals surface area contributed by atoms with Crippen LogP contribution < -0.4 is 5.73 Å². The minimum Gasteiger partial charge on any atom is -0.326 e. The molecule has 0 unspecified atom stereocenters. The highest BCUT2D eigenvalue weighted by Gasteiger charge is 2.20. The van der Waals surface area contributed by atoms with Crippen LogP contribution in [0.4, 0.5) is 8.78 Å². The lowest BCUT2D eigenvalue weighted by atomic mass is 10.3. The van der Waals surface area contributed by atoms with Crippen LogP contribution in [0.25, 0.3) is 0 Å². The van der Waals surface area contributed by atoms with E-state index in [4.69, 9.17) is 5.73 Å². The van der Waals surface area contributed by atoms with E-state index >= 15 is 0 Å². The van der Waals surface area contributed by atoms with Gasteiger partial charge >= 0.3 is 6.55 Å². The maximum absolute atomic E-state index is 12.2. The fourth-order valence-corrected chi connectivity index (χ4v) is 1.81. The summed E-state index contributed by atoms with van der Waals surface area (Å²) in [5.41, 5.74) is 6.42. The molecule has 0 bridgehead atoms. The summed E-state index contributed by atoms with van der Waals surface area (Å²) < 4.78 is 25.1. The lowest BCUT2D eigenvalue weighted by Gasteiger charge is -2.12. The van der Waals surface area contributed by atoms with Gasteiger partial charge in [0.2, 0.25) is 0 Å². The summed E-state index contributed by atoms with van der Waals surface area (Å²) in [7, 11) is 0. The topological polar surface area (TPSA) is 47.1 Å². The molecule has 1 atom stereocenters. The zero-order valence-corrected chi connectivity index (χ0v) is 8.31. The summed E-state index contributed by atoms with van der Waals surface area (Å²) >= 11 is 0. The van der Waals surface area contributed by atoms with Gasteiger partial charge in [-0.3, -0.25) is 4.90 Å². The minimum absolute atomic E-state index is 0.210. The summed E-state index contributed by atoms with van der Waals surface area (Å²) in [6, 6.07) is 1.83. The number of hydrogen-bond acceptors (Lipinski definition) is 3. The maximum atomic E-state index is 12.2. The molecule has 1 saturated heterocycles. The Bertz CT molecular complexity index is 326. The molecular weight excluding hydrogens is 202 g/mol. The zero-order valence-electron chi connectivity index (χ0n) is 8.31. The number of alkyl halides is 2. The van der Waals surface area contributed by atoms with Crippen LogP contribution in [0.1, 0.15) is 18.7 Å². The van der Waals surface area contributed by atoms with E-state index in [2.05, 4.69) is 10.00 Å². The Morgan fingerprint density at radius 2 is 2.40 bits per heavy atom. The Kier molecular flexibility index (Phi) is 2.97. The molecule has 6 heteroatoms. The predicted octanol–water partition coefficient (Wildman–Crippen LogP) is 0.811. The molecule has 84 valence electrons. The fourth-order valence-electron chi connectivity index (χ4n) is 1.81. The second-order valence-electron chi connectivity index (χ2n) is 3.85. The molecule has 0 aromatic carbocycles. The van der Waals surface area contributed by atoms with Crippen molar-refractivity contribution in [1.82, 2.24) is 14.7 Å². The van der Waals surface area contributed by atoms with Crippen molar-refractivity contribution < 1.29 is 8.78 Å². The van der Waals surface area contributed by atoms with Crippen LogP contribution in [0.3, 0.4) is 0 Å². The van der Waals surface area contributed by atoms with E-state index in [0.29, 0.717) is 16.9 Å². The van der Waals surface area contributed by atoms with Crippen LogP contribution in [0.15, 0.2) is 12.3 Å². The highest BCUT2D eigenvalue weighted by atomic mass is 19.3. The first-order chi connectivity index (χ1) is 7.15. The third-order valence-corrected chi connectivity index (χ3v) is 2.56. The lowest BCUT2D eigenvalue weighted by Crippen LogP contribution is -2.26. The largest absolute Gasteiger partial charge is 0.333 e. The molecule has 1 aromatic rings. The summed E-state index contributed by atoms with van der Waals surface area (Å²) in [4.78, 5) is 2.13. The molecule has 1 fully saturated rings. The van der Waals surface area contributed by atoms with E-state index in [9.17, 15) is 8.78 Å². The van der Waals surface area contributed by atoms with Gasteiger partial charge in [0, 0.05) is 31.9 Å². The number of hydrogen-bond donors (Lipinski definition) is 1. The number of halogens is 2. The molecule has 2 heterocycles. The molecular formula is C9H14F2N4. The van der Waals surface area contributed by atoms with Gasteiger partial charge < -0.3 is 5.73 Å². The van der Waals surface area contributed by atoms with Gasteiger partial charge in [0.05, 0.1) is 5.69 Å². The predicted molar refractivity (Wildman–Crippen MR) is 51.3 cm³/mol. The summed E-state index contributed by atoms with van der Waals surface area (Å²) in [5, 5.41) is 3.78. The van der Waals surface area contributed by atoms with Crippen molar-refractivity contribution in [3.63, 3.8) is 0 Å². The van der Waals surface area contributed by atoms with Gasteiger partial charge in [0.1, 0.15) is 0 Å². The quantitative estimate of drug-likeness (QED) is 0.813. The molecule has 0 spiro atoms. The van der Waals surface area contributed by atoms with Crippen LogP contribution in [0.2, 0.25) is 0 Å². The van der Waals surface area contributed by atoms with Crippen LogP contribution in [0.5, 0.6) is 0 Å². The third-order valence-electron chi connectivity index (χ3n) is 2.56. The van der Waals surface area contributed by atoms with Crippen molar-refractivity contribution in [1.29, 1.82) is 0 Å². The zero-order chi connectivity index (χ0) is 10.8. The van der Waals surface area contributed by atoms with Crippen molar-refractivity contribution in [3.05, 3.63) is 18.0 Å². The number of likely N-dealkylation sites (tertiary alicyclic amines) is 1. The van der Waals surface area contributed by atoms with Crippen molar-refractivity contribution in [2.75, 3.05) is 13.1 Å². The van der Waals surface area contributed by atoms with Crippen LogP contribution in [0, 0.1) is 0 Å². The van der Waals surface area contributed by atoms with Crippen LogP contribution in [-0.4, -0.2) is 33.8 Å². The Balaban J connectivity index is 1.93. The normalized spacial score (nSPS) is 22.8. The van der Waals surface area contributed by atoms with E-state index in [0.717, 1.165) is 19.5 Å². The van der Waals surface area contributed by atoms with Crippen LogP contribution in [-0.2, 0) is 6.54 Å². The van der Waals surface area contributed by atoms with Gasteiger partial charge in [0.15, 0.2) is 0 Å². The standard InChI is InChI=1S/C9H14F2N4/c10-9(11)15-4-2-8(13-15)6-14-3-1-7(12)5-14/h2,4,7,9H,1,3,5-6,12H2/t7-/m0/s1. The monoisotopic (exact) mass is 216 g/mol. The van der Waals surface area contributed by atoms with E-state index in [1.54, 1.807) is 6.07 Å². The number of aromatic nitrogens is 2. The summed E-state index contributed by atoms with van der Waals surface area (Å²) in [6.07, 6.45) is 2.27. The van der Waals surface area contributed by atoms with E-state index in [1.165, 1.54) is 6.20 Å². The van der Waals surface area contributed by atoms with Gasteiger partial charge in [-0.1, -0.05) is 0 Å². The second-order valence-corrected chi connectivity index (χ2v) is 3.85. The van der Waals surface area contributed by atoms with Crippen molar-refractivity contribution in [2.24, 2.45) is 5.73 Å². The van der Waals surface area contributed by atoms with E-state index in [1.807, 2.05) is 0 Å². The van der Waals surface area contributed by atoms with E-state index < -0.39 is 6.55 Å². The molecule has 1 aromatic heterocycles. The molecule has 4 nitrogen and oxygen atoms in total. The SMILES string of the molecule is N[C@H]1CCN(Cc2ccn(C(F)F)n2)C1. The summed E-state index contributed by atoms with van der Waals surface area (Å²) in [5.74, 6) is 0. The van der Waals surface area contributed by atoms with Crippen molar-refractivity contribution in [2.45, 2.75) is 25.6 Å². The van der Waals surface area contributed by atoms with Gasteiger partial charge in [-0.05, 0) is 12.5 Å². The number of nitrogens with two attached hydrogens (primary N) is 1. The minimum atomic E-state index is -2.56. The number of rotatable bonds is 3. The fraction of sp³-hybridized carbons (Fsp3) is 0.667. The lowest BCUT2D eigenvalue weighted by molar-refractivity contribution is 0.0558. The van der Waals surface area contributed by atoms with Crippen LogP contribution >= 0.6 is 0 Å². The molecule has 0 aliphatic carbocycles. The van der Waals surface area contributed by atoms with Crippen molar-refractivity contribution >= 4 is 0 Å². The van der Waals surface area contributed by atoms with Gasteiger partial charge in [-0.25, -0.2) is 4.68 Å². The average molecular weight is 216 g/mol. The molecule has 1 aliphatic heterocycles. The van der Waals surface area contributed by atoms with Gasteiger partial charge in [-0.2, -0.15) is 13.9 Å². The first kappa shape index (κ1) is 10.5. The Morgan fingerprint density at radius 1 is 1.60 bits per heavy atom. The first-order valence-corrected chi connectivity index (χ1v) is 4.95. The molecule has 2 rings (SSSR count). The Morgan fingerprint density at radius 3 is 2.93 bits per heavy atom. The summed E-state index contributed by atoms with van der Waals surface area (Å²) in [6.45, 7) is -0.211. The Hall–Kier alpha value is -1.01. The molecule has 0 amide bonds. The molecule has 0 radical (unpaired) electrons. The molecule has 15 heavy (non-hydrogen) atoms. The third kappa shape index (κ3) is 2.51. The van der Waals surface area contributed by atoms with Gasteiger partial charge in [-0.15, -0.1) is 0 Å². The molecule has 2 N–H and O–H groups in total. The Labute approximate surface area is 86.7 Å². The highest BCUT2D eigenvalue weighted by molar-refractivity contribution is 4.99. The van der Waals surface area contributed by atoms with Gasteiger partial charge in [0.25, 0.3) is 0 Å². The first-order valence-electron chi connectivity index (χ1n) is 4.95. The second kappa shape index (κ2) is 4.24. The number of nitrogens with zero attached hydrogens (tertiary/aromatic N) is 3. The molecule has 0 saturated carbocycles. The molecule has 1 aliphatic rings. The average Bonchev–Trinajstić information content (AvgIpc) is 2.76. The smallest absolute Gasteiger partial charge is 0.326 e. The maximum Gasteiger partial charge on any atom is 0.333 e. The van der Waals surface area contributed by atoms with E-state index in [-0.39, 0.29) is 6.04 Å². The highest BCUT2D eigenvalue weighted by Crippen LogP contribution is 2.13. The van der Waals surface area contributed by atoms with Crippen molar-refractivity contribution in [3.8, 4) is 0 Å².